The summed E-state index contributed by atoms with van der Waals surface area (Å²) < 4.78 is 32.1. The van der Waals surface area contributed by atoms with E-state index in [0.717, 1.165) is 19.0 Å². The third-order valence-corrected chi connectivity index (χ3v) is 5.64. The summed E-state index contributed by atoms with van der Waals surface area (Å²) in [6.45, 7) is 2.93. The zero-order chi connectivity index (χ0) is 18.9. The molecule has 0 unspecified atom stereocenters. The number of anilines is 1. The maximum absolute atomic E-state index is 13.4. The van der Waals surface area contributed by atoms with Gasteiger partial charge in [-0.25, -0.2) is 18.6 Å². The van der Waals surface area contributed by atoms with Gasteiger partial charge in [0.1, 0.15) is 28.1 Å². The fraction of sp³-hybridized carbons (Fsp3) is 0.471. The molecule has 2 aromatic rings. The van der Waals surface area contributed by atoms with Crippen LogP contribution in [0.2, 0.25) is 0 Å². The van der Waals surface area contributed by atoms with Crippen LogP contribution in [0.15, 0.2) is 18.5 Å². The Balaban J connectivity index is 1.87. The zero-order valence-corrected chi connectivity index (χ0v) is 15.8. The number of amides is 1. The summed E-state index contributed by atoms with van der Waals surface area (Å²) in [6, 6.07) is 1.32. The van der Waals surface area contributed by atoms with Gasteiger partial charge >= 0.3 is 6.09 Å². The third kappa shape index (κ3) is 4.03. The van der Waals surface area contributed by atoms with Gasteiger partial charge in [-0.2, -0.15) is 0 Å². The molecule has 0 N–H and O–H groups in total. The molecule has 5 nitrogen and oxygen atoms in total. The molecule has 1 saturated carbocycles. The lowest BCUT2D eigenvalue weighted by Gasteiger charge is -2.29. The summed E-state index contributed by atoms with van der Waals surface area (Å²) in [7, 11) is 1.73. The number of carbonyl (C=O) groups excluding carboxylic acids is 1. The molecule has 1 aliphatic rings. The van der Waals surface area contributed by atoms with Gasteiger partial charge < -0.3 is 4.74 Å². The highest BCUT2D eigenvalue weighted by atomic mass is 32.1. The molecule has 0 aliphatic heterocycles. The molecule has 2 heterocycles. The Morgan fingerprint density at radius 3 is 2.81 bits per heavy atom. The number of aromatic nitrogens is 2. The monoisotopic (exact) mass is 379 g/mol. The predicted molar refractivity (Wildman–Crippen MR) is 100 cm³/mol. The van der Waals surface area contributed by atoms with Gasteiger partial charge in [0, 0.05) is 17.4 Å². The van der Waals surface area contributed by atoms with Crippen LogP contribution in [0.3, 0.4) is 0 Å². The van der Waals surface area contributed by atoms with Gasteiger partial charge in [0.15, 0.2) is 7.85 Å². The van der Waals surface area contributed by atoms with Crippen LogP contribution in [0, 0.1) is 11.7 Å². The quantitative estimate of drug-likeness (QED) is 0.725. The molecule has 0 atom stereocenters. The summed E-state index contributed by atoms with van der Waals surface area (Å²) >= 11 is 1.19. The van der Waals surface area contributed by atoms with Gasteiger partial charge in [-0.05, 0) is 38.7 Å². The first-order valence-corrected chi connectivity index (χ1v) is 9.28. The summed E-state index contributed by atoms with van der Waals surface area (Å²) in [4.78, 5) is 22.2. The van der Waals surface area contributed by atoms with E-state index in [9.17, 15) is 13.6 Å². The van der Waals surface area contributed by atoms with Gasteiger partial charge in [-0.15, -0.1) is 0 Å². The SMILES string of the molecule is Bc1nc(-c2cncc(F)c2)sc1N(CCF)C(=O)OC(C)(C)C1CC1. The summed E-state index contributed by atoms with van der Waals surface area (Å²) in [6.07, 6.45) is 4.08. The van der Waals surface area contributed by atoms with E-state index in [1.807, 2.05) is 13.8 Å². The third-order valence-electron chi connectivity index (χ3n) is 4.41. The van der Waals surface area contributed by atoms with Crippen LogP contribution in [0.5, 0.6) is 0 Å². The normalized spacial score (nSPS) is 14.3. The minimum Gasteiger partial charge on any atom is -0.443 e. The predicted octanol–water partition coefficient (Wildman–Crippen LogP) is 2.70. The van der Waals surface area contributed by atoms with Crippen molar-refractivity contribution in [1.29, 1.82) is 0 Å². The largest absolute Gasteiger partial charge is 0.443 e. The first kappa shape index (κ1) is 18.8. The molecule has 3 rings (SSSR count). The molecule has 1 fully saturated rings. The number of hydrogen-bond acceptors (Lipinski definition) is 5. The first-order valence-electron chi connectivity index (χ1n) is 8.46. The Kier molecular flexibility index (Phi) is 5.27. The standard InChI is InChI=1S/C17H20BF2N3O2S/c1-17(2,11-3-4-11)25-16(24)23(6-5-19)15-13(18)22-14(26-15)10-7-12(20)9-21-8-10/h7-9,11H,3-6,18H2,1-2H3. The molecule has 2 aromatic heterocycles. The fourth-order valence-corrected chi connectivity index (χ4v) is 3.86. The van der Waals surface area contributed by atoms with E-state index in [0.29, 0.717) is 27.1 Å². The van der Waals surface area contributed by atoms with Crippen molar-refractivity contribution in [2.75, 3.05) is 18.1 Å². The van der Waals surface area contributed by atoms with Crippen molar-refractivity contribution in [2.45, 2.75) is 32.3 Å². The van der Waals surface area contributed by atoms with Crippen LogP contribution in [0.25, 0.3) is 10.6 Å². The summed E-state index contributed by atoms with van der Waals surface area (Å²) in [5.74, 6) is -0.127. The van der Waals surface area contributed by atoms with Gasteiger partial charge in [-0.3, -0.25) is 9.88 Å². The highest BCUT2D eigenvalue weighted by Gasteiger charge is 2.42. The van der Waals surface area contributed by atoms with Crippen LogP contribution >= 0.6 is 11.3 Å². The van der Waals surface area contributed by atoms with Crippen molar-refractivity contribution < 1.29 is 18.3 Å². The number of rotatable bonds is 6. The summed E-state index contributed by atoms with van der Waals surface area (Å²) in [5, 5.41) is 1.01. The van der Waals surface area contributed by atoms with Gasteiger partial charge in [0.2, 0.25) is 0 Å². The van der Waals surface area contributed by atoms with Crippen molar-refractivity contribution in [1.82, 2.24) is 9.97 Å². The number of hydrogen-bond donors (Lipinski definition) is 0. The number of alkyl halides is 1. The van der Waals surface area contributed by atoms with Crippen molar-refractivity contribution in [3.63, 3.8) is 0 Å². The maximum atomic E-state index is 13.4. The van der Waals surface area contributed by atoms with Crippen LogP contribution in [0.1, 0.15) is 26.7 Å². The number of halogens is 2. The molecule has 9 heteroatoms. The van der Waals surface area contributed by atoms with E-state index >= 15 is 0 Å². The average molecular weight is 379 g/mol. The zero-order valence-electron chi connectivity index (χ0n) is 15.0. The Labute approximate surface area is 155 Å². The lowest BCUT2D eigenvalue weighted by molar-refractivity contribution is 0.0270. The van der Waals surface area contributed by atoms with Crippen LogP contribution in [-0.4, -0.2) is 42.7 Å². The van der Waals surface area contributed by atoms with Crippen LogP contribution < -0.4 is 10.5 Å². The maximum Gasteiger partial charge on any atom is 0.415 e. The molecular weight excluding hydrogens is 359 g/mol. The molecular formula is C17H20BF2N3O2S. The van der Waals surface area contributed by atoms with Gasteiger partial charge in [0.25, 0.3) is 0 Å². The van der Waals surface area contributed by atoms with Crippen LogP contribution in [0.4, 0.5) is 18.6 Å². The number of thiazole rings is 1. The number of ether oxygens (including phenoxy) is 1. The molecule has 0 aromatic carbocycles. The number of pyridine rings is 1. The van der Waals surface area contributed by atoms with E-state index in [2.05, 4.69) is 9.97 Å². The number of carbonyl (C=O) groups is 1. The Morgan fingerprint density at radius 1 is 1.46 bits per heavy atom. The average Bonchev–Trinajstić information content (AvgIpc) is 3.36. The second-order valence-corrected chi connectivity index (χ2v) is 7.87. The Morgan fingerprint density at radius 2 is 2.19 bits per heavy atom. The molecule has 0 saturated heterocycles. The second-order valence-electron chi connectivity index (χ2n) is 6.89. The van der Waals surface area contributed by atoms with Crippen molar-refractivity contribution in [2.24, 2.45) is 5.92 Å². The van der Waals surface area contributed by atoms with Crippen molar-refractivity contribution in [3.8, 4) is 10.6 Å². The molecule has 26 heavy (non-hydrogen) atoms. The minimum atomic E-state index is -0.701. The Bertz CT molecular complexity index is 811. The van der Waals surface area contributed by atoms with E-state index in [4.69, 9.17) is 4.74 Å². The second kappa shape index (κ2) is 7.30. The first-order chi connectivity index (χ1) is 12.3. The molecule has 0 bridgehead atoms. The molecule has 1 aliphatic carbocycles. The van der Waals surface area contributed by atoms with Gasteiger partial charge in [-0.1, -0.05) is 11.3 Å². The van der Waals surface area contributed by atoms with Gasteiger partial charge in [0.05, 0.1) is 12.7 Å². The molecule has 1 amide bonds. The topological polar surface area (TPSA) is 55.3 Å². The lowest BCUT2D eigenvalue weighted by Crippen LogP contribution is -2.41. The Hall–Kier alpha value is -2.03. The summed E-state index contributed by atoms with van der Waals surface area (Å²) in [5.41, 5.74) is 0.486. The smallest absolute Gasteiger partial charge is 0.415 e. The number of nitrogens with zero attached hydrogens (tertiary/aromatic N) is 3. The van der Waals surface area contributed by atoms with Crippen LogP contribution in [-0.2, 0) is 4.74 Å². The molecule has 138 valence electrons. The van der Waals surface area contributed by atoms with E-state index in [1.165, 1.54) is 28.5 Å². The highest BCUT2D eigenvalue weighted by molar-refractivity contribution is 7.20. The molecule has 0 spiro atoms. The van der Waals surface area contributed by atoms with E-state index in [1.54, 1.807) is 7.85 Å². The lowest BCUT2D eigenvalue weighted by atomic mass is 10.0. The van der Waals surface area contributed by atoms with Crippen molar-refractivity contribution in [3.05, 3.63) is 24.3 Å². The van der Waals surface area contributed by atoms with E-state index in [-0.39, 0.29) is 6.54 Å². The minimum absolute atomic E-state index is 0.122. The van der Waals surface area contributed by atoms with E-state index < -0.39 is 24.2 Å². The molecule has 0 radical (unpaired) electrons. The highest BCUT2D eigenvalue weighted by Crippen LogP contribution is 2.42. The van der Waals surface area contributed by atoms with Crippen molar-refractivity contribution >= 4 is 35.9 Å². The fourth-order valence-electron chi connectivity index (χ4n) is 2.79.